The lowest BCUT2D eigenvalue weighted by molar-refractivity contribution is 0.241. The lowest BCUT2D eigenvalue weighted by Gasteiger charge is -2.43. The summed E-state index contributed by atoms with van der Waals surface area (Å²) in [5, 5.41) is 12.3. The molecule has 2 rings (SSSR count). The molecule has 3 heteroatoms. The maximum absolute atomic E-state index is 9.51. The van der Waals surface area contributed by atoms with Crippen molar-refractivity contribution in [1.29, 1.82) is 0 Å². The van der Waals surface area contributed by atoms with Crippen LogP contribution in [0.2, 0.25) is 5.04 Å². The molecule has 0 aliphatic heterocycles. The van der Waals surface area contributed by atoms with Crippen molar-refractivity contribution >= 4 is 18.7 Å². The molecule has 2 aromatic rings. The molecule has 0 bridgehead atoms. The molecule has 38 heavy (non-hydrogen) atoms. The van der Waals surface area contributed by atoms with Crippen LogP contribution in [0.15, 0.2) is 60.7 Å². The van der Waals surface area contributed by atoms with E-state index in [0.29, 0.717) is 12.5 Å². The molecule has 0 aliphatic carbocycles. The van der Waals surface area contributed by atoms with Crippen LogP contribution in [0.1, 0.15) is 124 Å². The van der Waals surface area contributed by atoms with E-state index in [2.05, 4.69) is 88.4 Å². The molecule has 2 nitrogen and oxygen atoms in total. The van der Waals surface area contributed by atoms with E-state index >= 15 is 0 Å². The minimum atomic E-state index is -2.40. The number of hydrogen-bond acceptors (Lipinski definition) is 2. The van der Waals surface area contributed by atoms with Crippen LogP contribution in [0.4, 0.5) is 0 Å². The molecule has 2 aromatic carbocycles. The van der Waals surface area contributed by atoms with Crippen LogP contribution in [0, 0.1) is 5.92 Å². The molecule has 0 amide bonds. The summed E-state index contributed by atoms with van der Waals surface area (Å²) in [5.41, 5.74) is 0. The molecule has 0 saturated heterocycles. The van der Waals surface area contributed by atoms with Gasteiger partial charge < -0.3 is 9.53 Å². The van der Waals surface area contributed by atoms with Gasteiger partial charge in [0.2, 0.25) is 0 Å². The zero-order valence-electron chi connectivity index (χ0n) is 25.2. The van der Waals surface area contributed by atoms with Gasteiger partial charge in [0.15, 0.2) is 0 Å². The van der Waals surface area contributed by atoms with Crippen LogP contribution >= 0.6 is 0 Å². The van der Waals surface area contributed by atoms with Gasteiger partial charge in [-0.05, 0) is 34.2 Å². The largest absolute Gasteiger partial charge is 0.407 e. The summed E-state index contributed by atoms with van der Waals surface area (Å²) in [4.78, 5) is 0. The zero-order valence-corrected chi connectivity index (χ0v) is 26.2. The van der Waals surface area contributed by atoms with Gasteiger partial charge in [0.05, 0.1) is 0 Å². The lowest BCUT2D eigenvalue weighted by atomic mass is 9.92. The van der Waals surface area contributed by atoms with Crippen molar-refractivity contribution in [2.45, 2.75) is 129 Å². The monoisotopic (exact) mass is 538 g/mol. The van der Waals surface area contributed by atoms with E-state index in [1.807, 2.05) is 0 Å². The summed E-state index contributed by atoms with van der Waals surface area (Å²) in [5.74, 6) is 0.717. The van der Waals surface area contributed by atoms with Crippen molar-refractivity contribution in [3.63, 3.8) is 0 Å². The Morgan fingerprint density at radius 1 is 0.632 bits per heavy atom. The van der Waals surface area contributed by atoms with Crippen LogP contribution in [0.5, 0.6) is 0 Å². The Morgan fingerprint density at radius 2 is 1.08 bits per heavy atom. The Kier molecular flexibility index (Phi) is 16.2. The molecule has 1 N–H and O–H groups in total. The highest BCUT2D eigenvalue weighted by molar-refractivity contribution is 6.99. The summed E-state index contributed by atoms with van der Waals surface area (Å²) in [6, 6.07) is 22.0. The Morgan fingerprint density at radius 3 is 1.53 bits per heavy atom. The second-order valence-electron chi connectivity index (χ2n) is 12.4. The molecule has 214 valence electrons. The number of benzene rings is 2. The highest BCUT2D eigenvalue weighted by atomic mass is 28.4. The van der Waals surface area contributed by atoms with Gasteiger partial charge in [-0.25, -0.2) is 0 Å². The molecule has 0 saturated carbocycles. The number of unbranched alkanes of at least 4 members (excludes halogenated alkanes) is 10. The van der Waals surface area contributed by atoms with E-state index in [-0.39, 0.29) is 5.04 Å². The number of rotatable bonds is 21. The first-order valence-corrected chi connectivity index (χ1v) is 17.7. The molecule has 1 unspecified atom stereocenters. The van der Waals surface area contributed by atoms with E-state index in [9.17, 15) is 5.11 Å². The third-order valence-corrected chi connectivity index (χ3v) is 13.3. The van der Waals surface area contributed by atoms with Gasteiger partial charge in [-0.3, -0.25) is 0 Å². The maximum Gasteiger partial charge on any atom is 0.261 e. The van der Waals surface area contributed by atoms with Gasteiger partial charge in [-0.1, -0.05) is 172 Å². The van der Waals surface area contributed by atoms with Gasteiger partial charge in [-0.2, -0.15) is 0 Å². The lowest BCUT2D eigenvalue weighted by Crippen LogP contribution is -2.66. The average Bonchev–Trinajstić information content (AvgIpc) is 2.92. The minimum Gasteiger partial charge on any atom is -0.407 e. The van der Waals surface area contributed by atoms with Crippen molar-refractivity contribution < 1.29 is 9.53 Å². The van der Waals surface area contributed by atoms with Crippen molar-refractivity contribution in [3.05, 3.63) is 60.7 Å². The van der Waals surface area contributed by atoms with Crippen molar-refractivity contribution in [2.24, 2.45) is 5.92 Å². The third-order valence-electron chi connectivity index (χ3n) is 8.25. The first-order chi connectivity index (χ1) is 18.5. The quantitative estimate of drug-likeness (QED) is 0.127. The van der Waals surface area contributed by atoms with E-state index < -0.39 is 8.32 Å². The topological polar surface area (TPSA) is 29.5 Å². The predicted molar refractivity (Wildman–Crippen MR) is 169 cm³/mol. The maximum atomic E-state index is 9.51. The predicted octanol–water partition coefficient (Wildman–Crippen LogP) is 9.04. The Bertz CT molecular complexity index is 775. The van der Waals surface area contributed by atoms with Gasteiger partial charge in [0.25, 0.3) is 8.32 Å². The second-order valence-corrected chi connectivity index (χ2v) is 16.7. The number of aliphatic hydroxyl groups excluding tert-OH is 1. The first-order valence-electron chi connectivity index (χ1n) is 15.8. The Hall–Kier alpha value is -1.42. The van der Waals surface area contributed by atoms with E-state index in [1.165, 1.54) is 93.8 Å². The molecule has 0 radical (unpaired) electrons. The third kappa shape index (κ3) is 11.0. The Balaban J connectivity index is 1.76. The smallest absolute Gasteiger partial charge is 0.261 e. The van der Waals surface area contributed by atoms with Gasteiger partial charge in [0.1, 0.15) is 0 Å². The first kappa shape index (κ1) is 32.8. The van der Waals surface area contributed by atoms with E-state index in [1.54, 1.807) is 0 Å². The van der Waals surface area contributed by atoms with Crippen molar-refractivity contribution in [1.82, 2.24) is 0 Å². The van der Waals surface area contributed by atoms with Gasteiger partial charge in [0, 0.05) is 13.2 Å². The second kappa shape index (κ2) is 18.8. The van der Waals surface area contributed by atoms with Crippen molar-refractivity contribution in [2.75, 3.05) is 13.2 Å². The summed E-state index contributed by atoms with van der Waals surface area (Å²) in [6.07, 6.45) is 19.5. The average molecular weight is 539 g/mol. The standard InChI is InChI=1S/C35H58O2Si/c1-5-6-7-8-9-11-16-23-32(29-30-36)24-17-12-10-13-22-31-37-38(35(2,3)4,33-25-18-14-19-26-33)34-27-20-15-21-28-34/h14-15,18-21,25-28,32,36H,5-13,16-17,22-24,29-31H2,1-4H3. The Labute approximate surface area is 236 Å². The van der Waals surface area contributed by atoms with Crippen molar-refractivity contribution in [3.8, 4) is 0 Å². The summed E-state index contributed by atoms with van der Waals surface area (Å²) >= 11 is 0. The normalized spacial score (nSPS) is 13.1. The summed E-state index contributed by atoms with van der Waals surface area (Å²) in [7, 11) is -2.40. The zero-order chi connectivity index (χ0) is 27.5. The van der Waals surface area contributed by atoms with Crippen LogP contribution in [0.3, 0.4) is 0 Å². The van der Waals surface area contributed by atoms with E-state index in [0.717, 1.165) is 19.4 Å². The molecular weight excluding hydrogens is 480 g/mol. The number of aliphatic hydroxyl groups is 1. The summed E-state index contributed by atoms with van der Waals surface area (Å²) < 4.78 is 7.04. The molecule has 0 spiro atoms. The molecular formula is C35H58O2Si. The molecule has 0 aromatic heterocycles. The SMILES string of the molecule is CCCCCCCCCC(CCO)CCCCCCCO[Si](c1ccccc1)(c1ccccc1)C(C)(C)C. The van der Waals surface area contributed by atoms with Gasteiger partial charge in [-0.15, -0.1) is 0 Å². The fourth-order valence-corrected chi connectivity index (χ4v) is 10.7. The minimum absolute atomic E-state index is 0.0485. The summed E-state index contributed by atoms with van der Waals surface area (Å²) in [6.45, 7) is 10.5. The van der Waals surface area contributed by atoms with Crippen LogP contribution < -0.4 is 10.4 Å². The fourth-order valence-electron chi connectivity index (χ4n) is 6.06. The van der Waals surface area contributed by atoms with E-state index in [4.69, 9.17) is 4.43 Å². The van der Waals surface area contributed by atoms with Crippen LogP contribution in [-0.4, -0.2) is 26.6 Å². The molecule has 0 aliphatic rings. The van der Waals surface area contributed by atoms with Gasteiger partial charge >= 0.3 is 0 Å². The highest BCUT2D eigenvalue weighted by Gasteiger charge is 2.49. The van der Waals surface area contributed by atoms with Crippen LogP contribution in [-0.2, 0) is 4.43 Å². The van der Waals surface area contributed by atoms with Crippen LogP contribution in [0.25, 0.3) is 0 Å². The molecule has 1 atom stereocenters. The molecule has 0 heterocycles. The highest BCUT2D eigenvalue weighted by Crippen LogP contribution is 2.36. The molecule has 0 fully saturated rings. The fraction of sp³-hybridized carbons (Fsp3) is 0.657. The number of hydrogen-bond donors (Lipinski definition) is 1.